The Morgan fingerprint density at radius 3 is 2.65 bits per heavy atom. The molecule has 0 saturated carbocycles. The molecule has 4 rings (SSSR count). The van der Waals surface area contributed by atoms with Gasteiger partial charge in [0, 0.05) is 11.5 Å². The zero-order valence-electron chi connectivity index (χ0n) is 12.2. The number of hydrogen-bond acceptors (Lipinski definition) is 3. The molecule has 0 radical (unpaired) electrons. The third kappa shape index (κ3) is 2.04. The molecule has 0 aliphatic carbocycles. The molecule has 1 aliphatic heterocycles. The molecule has 2 aromatic carbocycles. The molecular weight excluding hydrogens is 358 g/mol. The van der Waals surface area contributed by atoms with Crippen molar-refractivity contribution in [1.82, 2.24) is 4.90 Å². The molecule has 1 atom stereocenters. The molecule has 0 fully saturated rings. The van der Waals surface area contributed by atoms with Crippen molar-refractivity contribution in [3.05, 3.63) is 80.1 Å². The molecule has 4 nitrogen and oxygen atoms in total. The summed E-state index contributed by atoms with van der Waals surface area (Å²) in [4.78, 5) is 27.0. The van der Waals surface area contributed by atoms with E-state index < -0.39 is 6.04 Å². The van der Waals surface area contributed by atoms with Crippen molar-refractivity contribution in [3.63, 3.8) is 0 Å². The van der Waals surface area contributed by atoms with Crippen LogP contribution in [0.25, 0.3) is 11.0 Å². The van der Waals surface area contributed by atoms with E-state index in [9.17, 15) is 9.59 Å². The lowest BCUT2D eigenvalue weighted by Crippen LogP contribution is -2.25. The number of carbonyl (C=O) groups excluding carboxylic acids is 1. The lowest BCUT2D eigenvalue weighted by atomic mass is 9.99. The summed E-state index contributed by atoms with van der Waals surface area (Å²) in [7, 11) is 1.69. The summed E-state index contributed by atoms with van der Waals surface area (Å²) in [6.07, 6.45) is 0. The second-order valence-corrected chi connectivity index (χ2v) is 6.46. The first-order valence-electron chi connectivity index (χ1n) is 7.16. The van der Waals surface area contributed by atoms with Crippen LogP contribution in [-0.4, -0.2) is 17.9 Å². The van der Waals surface area contributed by atoms with E-state index in [4.69, 9.17) is 4.42 Å². The molecule has 0 spiro atoms. The molecule has 3 aromatic rings. The average Bonchev–Trinajstić information content (AvgIpc) is 2.80. The van der Waals surface area contributed by atoms with Gasteiger partial charge in [-0.3, -0.25) is 9.59 Å². The predicted octanol–water partition coefficient (Wildman–Crippen LogP) is 3.73. The second-order valence-electron chi connectivity index (χ2n) is 5.54. The Kier molecular flexibility index (Phi) is 3.13. The lowest BCUT2D eigenvalue weighted by molar-refractivity contribution is 0.0771. The summed E-state index contributed by atoms with van der Waals surface area (Å²) in [5.41, 5.74) is 1.57. The fourth-order valence-electron chi connectivity index (χ4n) is 3.10. The third-order valence-electron chi connectivity index (χ3n) is 4.17. The van der Waals surface area contributed by atoms with Crippen LogP contribution < -0.4 is 5.43 Å². The van der Waals surface area contributed by atoms with Crippen LogP contribution in [0.4, 0.5) is 0 Å². The maximum absolute atomic E-state index is 12.9. The van der Waals surface area contributed by atoms with Gasteiger partial charge in [-0.05, 0) is 29.8 Å². The van der Waals surface area contributed by atoms with Gasteiger partial charge in [-0.2, -0.15) is 0 Å². The summed E-state index contributed by atoms with van der Waals surface area (Å²) in [6, 6.07) is 14.2. The van der Waals surface area contributed by atoms with E-state index in [1.807, 2.05) is 24.3 Å². The largest absolute Gasteiger partial charge is 0.450 e. The highest BCUT2D eigenvalue weighted by Gasteiger charge is 2.40. The number of nitrogens with zero attached hydrogens (tertiary/aromatic N) is 1. The second kappa shape index (κ2) is 5.06. The number of benzene rings is 2. The van der Waals surface area contributed by atoms with Gasteiger partial charge in [0.25, 0.3) is 5.91 Å². The Bertz CT molecular complexity index is 1010. The number of para-hydroxylation sites is 1. The van der Waals surface area contributed by atoms with Crippen LogP contribution in [-0.2, 0) is 0 Å². The standard InChI is InChI=1S/C18H12BrNO3/c1-20-15(10-5-4-6-11(19)9-10)14-16(21)12-7-2-3-8-13(12)23-17(14)18(20)22/h2-9,15H,1H3/t15-/m0/s1. The summed E-state index contributed by atoms with van der Waals surface area (Å²) in [5.74, 6) is -0.131. The Labute approximate surface area is 140 Å². The Morgan fingerprint density at radius 1 is 1.09 bits per heavy atom. The minimum atomic E-state index is -0.434. The number of fused-ring (bicyclic) bond motifs is 2. The van der Waals surface area contributed by atoms with E-state index in [1.165, 1.54) is 0 Å². The summed E-state index contributed by atoms with van der Waals surface area (Å²) in [6.45, 7) is 0. The van der Waals surface area contributed by atoms with Crippen LogP contribution in [0.15, 0.2) is 62.2 Å². The van der Waals surface area contributed by atoms with Crippen molar-refractivity contribution in [1.29, 1.82) is 0 Å². The SMILES string of the molecule is CN1C(=O)c2oc3ccccc3c(=O)c2[C@@H]1c1cccc(Br)c1. The Balaban J connectivity index is 2.05. The van der Waals surface area contributed by atoms with Crippen molar-refractivity contribution in [2.45, 2.75) is 6.04 Å². The van der Waals surface area contributed by atoms with Gasteiger partial charge in [-0.15, -0.1) is 0 Å². The number of amides is 1. The lowest BCUT2D eigenvalue weighted by Gasteiger charge is -2.20. The quantitative estimate of drug-likeness (QED) is 0.656. The van der Waals surface area contributed by atoms with Crippen LogP contribution in [0, 0.1) is 0 Å². The van der Waals surface area contributed by atoms with Crippen molar-refractivity contribution in [3.8, 4) is 0 Å². The molecule has 1 aliphatic rings. The fraction of sp³-hybridized carbons (Fsp3) is 0.111. The van der Waals surface area contributed by atoms with Crippen LogP contribution in [0.3, 0.4) is 0 Å². The first-order chi connectivity index (χ1) is 11.1. The number of rotatable bonds is 1. The van der Waals surface area contributed by atoms with E-state index in [-0.39, 0.29) is 17.1 Å². The van der Waals surface area contributed by atoms with Crippen LogP contribution >= 0.6 is 15.9 Å². The third-order valence-corrected chi connectivity index (χ3v) is 4.67. The Hall–Kier alpha value is -2.40. The van der Waals surface area contributed by atoms with Gasteiger partial charge in [-0.25, -0.2) is 0 Å². The monoisotopic (exact) mass is 369 g/mol. The van der Waals surface area contributed by atoms with Crippen LogP contribution in [0.1, 0.15) is 27.7 Å². The van der Waals surface area contributed by atoms with Gasteiger partial charge in [-0.1, -0.05) is 40.2 Å². The van der Waals surface area contributed by atoms with Crippen LogP contribution in [0.2, 0.25) is 0 Å². The molecule has 0 bridgehead atoms. The minimum Gasteiger partial charge on any atom is -0.450 e. The zero-order valence-corrected chi connectivity index (χ0v) is 13.8. The summed E-state index contributed by atoms with van der Waals surface area (Å²) in [5, 5.41) is 0.495. The normalized spacial score (nSPS) is 16.9. The fourth-order valence-corrected chi connectivity index (χ4v) is 3.52. The Morgan fingerprint density at radius 2 is 1.87 bits per heavy atom. The minimum absolute atomic E-state index is 0.140. The van der Waals surface area contributed by atoms with E-state index >= 15 is 0 Å². The highest BCUT2D eigenvalue weighted by atomic mass is 79.9. The van der Waals surface area contributed by atoms with Gasteiger partial charge in [0.2, 0.25) is 5.76 Å². The highest BCUT2D eigenvalue weighted by Crippen LogP contribution is 2.37. The molecule has 23 heavy (non-hydrogen) atoms. The topological polar surface area (TPSA) is 50.5 Å². The molecular formula is C18H12BrNO3. The molecule has 0 saturated heterocycles. The highest BCUT2D eigenvalue weighted by molar-refractivity contribution is 9.10. The zero-order chi connectivity index (χ0) is 16.1. The van der Waals surface area contributed by atoms with Gasteiger partial charge in [0.15, 0.2) is 5.43 Å². The number of hydrogen-bond donors (Lipinski definition) is 0. The number of carbonyl (C=O) groups is 1. The first kappa shape index (κ1) is 14.2. The van der Waals surface area contributed by atoms with Gasteiger partial charge >= 0.3 is 0 Å². The molecule has 1 aromatic heterocycles. The molecule has 0 unspecified atom stereocenters. The van der Waals surface area contributed by atoms with Crippen LogP contribution in [0.5, 0.6) is 0 Å². The average molecular weight is 370 g/mol. The number of halogens is 1. The van der Waals surface area contributed by atoms with E-state index in [0.29, 0.717) is 16.5 Å². The van der Waals surface area contributed by atoms with Crippen molar-refractivity contribution in [2.75, 3.05) is 7.05 Å². The maximum Gasteiger partial charge on any atom is 0.290 e. The molecule has 114 valence electrons. The first-order valence-corrected chi connectivity index (χ1v) is 7.95. The van der Waals surface area contributed by atoms with E-state index in [1.54, 1.807) is 36.2 Å². The van der Waals surface area contributed by atoms with Gasteiger partial charge < -0.3 is 9.32 Å². The van der Waals surface area contributed by atoms with Gasteiger partial charge in [0.1, 0.15) is 5.58 Å². The molecule has 1 amide bonds. The van der Waals surface area contributed by atoms with E-state index in [2.05, 4.69) is 15.9 Å². The van der Waals surface area contributed by atoms with E-state index in [0.717, 1.165) is 10.0 Å². The van der Waals surface area contributed by atoms with Crippen molar-refractivity contribution < 1.29 is 9.21 Å². The van der Waals surface area contributed by atoms with Crippen molar-refractivity contribution in [2.24, 2.45) is 0 Å². The van der Waals surface area contributed by atoms with Crippen molar-refractivity contribution >= 4 is 32.8 Å². The van der Waals surface area contributed by atoms with Gasteiger partial charge in [0.05, 0.1) is 17.0 Å². The molecule has 5 heteroatoms. The molecule has 2 heterocycles. The molecule has 0 N–H and O–H groups in total. The maximum atomic E-state index is 12.9. The summed E-state index contributed by atoms with van der Waals surface area (Å²) < 4.78 is 6.64. The predicted molar refractivity (Wildman–Crippen MR) is 90.6 cm³/mol. The summed E-state index contributed by atoms with van der Waals surface area (Å²) >= 11 is 3.44. The smallest absolute Gasteiger partial charge is 0.290 e.